The Bertz CT molecular complexity index is 646. The van der Waals surface area contributed by atoms with Gasteiger partial charge in [0.2, 0.25) is 5.95 Å². The maximum Gasteiger partial charge on any atom is 0.247 e. The summed E-state index contributed by atoms with van der Waals surface area (Å²) < 4.78 is 5.18. The van der Waals surface area contributed by atoms with Crippen LogP contribution in [-0.2, 0) is 6.54 Å². The molecule has 1 aromatic carbocycles. The summed E-state index contributed by atoms with van der Waals surface area (Å²) in [7, 11) is 1.67. The lowest BCUT2D eigenvalue weighted by atomic mass is 10.0. The molecule has 0 bridgehead atoms. The van der Waals surface area contributed by atoms with Crippen LogP contribution in [0, 0.1) is 0 Å². The fourth-order valence-corrected chi connectivity index (χ4v) is 3.13. The van der Waals surface area contributed by atoms with Gasteiger partial charge in [0.25, 0.3) is 0 Å². The number of ether oxygens (including phenoxy) is 1. The van der Waals surface area contributed by atoms with Gasteiger partial charge in [0, 0.05) is 19.1 Å². The van der Waals surface area contributed by atoms with Gasteiger partial charge in [0.15, 0.2) is 5.82 Å². The second-order valence-electron chi connectivity index (χ2n) is 6.09. The van der Waals surface area contributed by atoms with Crippen LogP contribution in [0.5, 0.6) is 5.75 Å². The van der Waals surface area contributed by atoms with E-state index in [9.17, 15) is 0 Å². The van der Waals surface area contributed by atoms with E-state index in [1.54, 1.807) is 13.3 Å². The van der Waals surface area contributed by atoms with Gasteiger partial charge in [-0.3, -0.25) is 0 Å². The van der Waals surface area contributed by atoms with Crippen molar-refractivity contribution in [2.24, 2.45) is 0 Å². The first-order valence-electron chi connectivity index (χ1n) is 8.63. The molecule has 1 atom stereocenters. The van der Waals surface area contributed by atoms with Crippen molar-refractivity contribution in [1.82, 2.24) is 15.2 Å². The van der Waals surface area contributed by atoms with Crippen molar-refractivity contribution in [1.29, 1.82) is 0 Å². The molecule has 2 heterocycles. The third-order valence-corrected chi connectivity index (χ3v) is 4.54. The van der Waals surface area contributed by atoms with E-state index < -0.39 is 0 Å². The monoisotopic (exact) mass is 327 g/mol. The van der Waals surface area contributed by atoms with Crippen LogP contribution >= 0.6 is 0 Å². The van der Waals surface area contributed by atoms with Crippen LogP contribution in [0.2, 0.25) is 0 Å². The van der Waals surface area contributed by atoms with Crippen molar-refractivity contribution in [2.75, 3.05) is 23.9 Å². The molecule has 0 spiro atoms. The Morgan fingerprint density at radius 2 is 2.08 bits per heavy atom. The summed E-state index contributed by atoms with van der Waals surface area (Å²) in [6, 6.07) is 8.52. The molecule has 1 aliphatic rings. The minimum Gasteiger partial charge on any atom is -0.497 e. The lowest BCUT2D eigenvalue weighted by molar-refractivity contribution is 0.414. The van der Waals surface area contributed by atoms with Crippen molar-refractivity contribution in [3.63, 3.8) is 0 Å². The molecular weight excluding hydrogens is 302 g/mol. The molecule has 1 aromatic heterocycles. The average molecular weight is 327 g/mol. The summed E-state index contributed by atoms with van der Waals surface area (Å²) in [5.41, 5.74) is 1.17. The minimum absolute atomic E-state index is 0.525. The average Bonchev–Trinajstić information content (AvgIpc) is 2.67. The summed E-state index contributed by atoms with van der Waals surface area (Å²) >= 11 is 0. The van der Waals surface area contributed by atoms with Gasteiger partial charge in [-0.1, -0.05) is 19.1 Å². The Morgan fingerprint density at radius 1 is 1.25 bits per heavy atom. The van der Waals surface area contributed by atoms with Crippen LogP contribution in [0.1, 0.15) is 38.2 Å². The largest absolute Gasteiger partial charge is 0.497 e. The van der Waals surface area contributed by atoms with E-state index in [1.165, 1.54) is 24.8 Å². The summed E-state index contributed by atoms with van der Waals surface area (Å²) in [5, 5.41) is 11.7. The van der Waals surface area contributed by atoms with Gasteiger partial charge in [0.1, 0.15) is 5.75 Å². The Labute approximate surface area is 143 Å². The van der Waals surface area contributed by atoms with Crippen molar-refractivity contribution < 1.29 is 4.74 Å². The maximum absolute atomic E-state index is 5.18. The minimum atomic E-state index is 0.525. The van der Waals surface area contributed by atoms with Crippen molar-refractivity contribution >= 4 is 11.8 Å². The van der Waals surface area contributed by atoms with Crippen molar-refractivity contribution in [3.05, 3.63) is 36.0 Å². The molecule has 24 heavy (non-hydrogen) atoms. The number of aromatic nitrogens is 3. The summed E-state index contributed by atoms with van der Waals surface area (Å²) in [6.07, 6.45) is 6.50. The molecule has 128 valence electrons. The molecule has 1 aliphatic heterocycles. The normalized spacial score (nSPS) is 17.6. The lowest BCUT2D eigenvalue weighted by Gasteiger charge is -2.34. The number of rotatable bonds is 6. The molecule has 6 heteroatoms. The van der Waals surface area contributed by atoms with Crippen LogP contribution in [0.25, 0.3) is 0 Å². The number of hydrogen-bond donors (Lipinski definition) is 1. The number of nitrogens with one attached hydrogen (secondary N) is 1. The van der Waals surface area contributed by atoms with Crippen LogP contribution in [-0.4, -0.2) is 34.9 Å². The predicted octanol–water partition coefficient (Wildman–Crippen LogP) is 3.26. The van der Waals surface area contributed by atoms with Gasteiger partial charge in [-0.2, -0.15) is 10.1 Å². The molecule has 0 aliphatic carbocycles. The maximum atomic E-state index is 5.18. The fourth-order valence-electron chi connectivity index (χ4n) is 3.13. The lowest BCUT2D eigenvalue weighted by Crippen LogP contribution is -2.40. The van der Waals surface area contributed by atoms with E-state index in [-0.39, 0.29) is 0 Å². The topological polar surface area (TPSA) is 63.2 Å². The number of nitrogens with zero attached hydrogens (tertiary/aromatic N) is 4. The first kappa shape index (κ1) is 16.5. The first-order chi connectivity index (χ1) is 11.8. The van der Waals surface area contributed by atoms with Crippen LogP contribution in [0.15, 0.2) is 30.5 Å². The molecular formula is C18H25N5O. The molecule has 0 saturated carbocycles. The standard InChI is InChI=1S/C18H25N5O/c1-3-15-6-4-5-11-23(15)18-21-17(13-20-22-18)19-12-14-7-9-16(24-2)10-8-14/h7-10,13,15H,3-6,11-12H2,1-2H3,(H,19,21,22). The van der Waals surface area contributed by atoms with E-state index in [1.807, 2.05) is 24.3 Å². The zero-order chi connectivity index (χ0) is 16.8. The molecule has 1 unspecified atom stereocenters. The van der Waals surface area contributed by atoms with Crippen molar-refractivity contribution in [2.45, 2.75) is 45.2 Å². The van der Waals surface area contributed by atoms with Gasteiger partial charge >= 0.3 is 0 Å². The Morgan fingerprint density at radius 3 is 2.83 bits per heavy atom. The van der Waals surface area contributed by atoms with E-state index >= 15 is 0 Å². The molecule has 1 fully saturated rings. The predicted molar refractivity (Wildman–Crippen MR) is 95.4 cm³/mol. The van der Waals surface area contributed by atoms with Crippen molar-refractivity contribution in [3.8, 4) is 5.75 Å². The van der Waals surface area contributed by atoms with Crippen LogP contribution < -0.4 is 15.0 Å². The second kappa shape index (κ2) is 7.95. The highest BCUT2D eigenvalue weighted by Crippen LogP contribution is 2.24. The summed E-state index contributed by atoms with van der Waals surface area (Å²) in [5.74, 6) is 2.36. The van der Waals surface area contributed by atoms with Gasteiger partial charge in [-0.15, -0.1) is 5.10 Å². The van der Waals surface area contributed by atoms with E-state index in [4.69, 9.17) is 4.74 Å². The number of benzene rings is 1. The Kier molecular flexibility index (Phi) is 5.46. The summed E-state index contributed by atoms with van der Waals surface area (Å²) in [6.45, 7) is 3.93. The molecule has 2 aromatic rings. The molecule has 3 rings (SSSR count). The molecule has 1 N–H and O–H groups in total. The molecule has 6 nitrogen and oxygen atoms in total. The Hall–Kier alpha value is -2.37. The molecule has 0 radical (unpaired) electrons. The van der Waals surface area contributed by atoms with Gasteiger partial charge in [-0.05, 0) is 43.4 Å². The highest BCUT2D eigenvalue weighted by atomic mass is 16.5. The summed E-state index contributed by atoms with van der Waals surface area (Å²) in [4.78, 5) is 6.96. The van der Waals surface area contributed by atoms with Gasteiger partial charge in [0.05, 0.1) is 13.3 Å². The van der Waals surface area contributed by atoms with Gasteiger partial charge in [-0.25, -0.2) is 0 Å². The number of piperidine rings is 1. The third-order valence-electron chi connectivity index (χ3n) is 4.54. The van der Waals surface area contributed by atoms with E-state index in [2.05, 4.69) is 32.3 Å². The molecule has 1 saturated heterocycles. The zero-order valence-electron chi connectivity index (χ0n) is 14.4. The van der Waals surface area contributed by atoms with Gasteiger partial charge < -0.3 is 15.0 Å². The quantitative estimate of drug-likeness (QED) is 0.878. The van der Waals surface area contributed by atoms with E-state index in [0.29, 0.717) is 12.6 Å². The second-order valence-corrected chi connectivity index (χ2v) is 6.09. The fraction of sp³-hybridized carbons (Fsp3) is 0.500. The molecule has 0 amide bonds. The number of hydrogen-bond acceptors (Lipinski definition) is 6. The van der Waals surface area contributed by atoms with E-state index in [0.717, 1.165) is 30.5 Å². The zero-order valence-corrected chi connectivity index (χ0v) is 14.4. The Balaban J connectivity index is 1.66. The SMILES string of the molecule is CCC1CCCCN1c1nncc(NCc2ccc(OC)cc2)n1. The third kappa shape index (κ3) is 3.93. The number of anilines is 2. The highest BCUT2D eigenvalue weighted by Gasteiger charge is 2.23. The van der Waals surface area contributed by atoms with Crippen LogP contribution in [0.4, 0.5) is 11.8 Å². The van der Waals surface area contributed by atoms with Crippen LogP contribution in [0.3, 0.4) is 0 Å². The highest BCUT2D eigenvalue weighted by molar-refractivity contribution is 5.41. The smallest absolute Gasteiger partial charge is 0.247 e. The number of methoxy groups -OCH3 is 1. The first-order valence-corrected chi connectivity index (χ1v) is 8.63.